The van der Waals surface area contributed by atoms with Gasteiger partial charge in [0.2, 0.25) is 0 Å². The number of hydrogen-bond acceptors (Lipinski definition) is 3. The van der Waals surface area contributed by atoms with Crippen molar-refractivity contribution in [1.82, 2.24) is 0 Å². The molecule has 0 amide bonds. The van der Waals surface area contributed by atoms with Crippen molar-refractivity contribution in [3.05, 3.63) is 174 Å². The zero-order chi connectivity index (χ0) is 32.3. The van der Waals surface area contributed by atoms with Crippen molar-refractivity contribution >= 4 is 71.6 Å². The molecule has 1 aliphatic carbocycles. The standard InChI is InChI=1S/C46H31NOS/c1-2-14-31-29-32(28-27-30(31)13-1)33-15-3-7-21-39(33)47(41-23-12-26-44-45(41)38-18-6-10-25-43(38)49-44)40-22-8-4-16-34(40)36-19-11-20-37-35-17-5-9-24-42(35)48-46(36)37/h1-22,24-29,41H,23H2. The lowest BCUT2D eigenvalue weighted by atomic mass is 9.90. The van der Waals surface area contributed by atoms with Crippen LogP contribution >= 0.6 is 11.3 Å². The van der Waals surface area contributed by atoms with Gasteiger partial charge in [0.15, 0.2) is 0 Å². The van der Waals surface area contributed by atoms with Gasteiger partial charge >= 0.3 is 0 Å². The summed E-state index contributed by atoms with van der Waals surface area (Å²) < 4.78 is 7.96. The van der Waals surface area contributed by atoms with Gasteiger partial charge < -0.3 is 9.32 Å². The van der Waals surface area contributed by atoms with Crippen LogP contribution < -0.4 is 4.90 Å². The molecule has 3 heteroatoms. The van der Waals surface area contributed by atoms with Crippen molar-refractivity contribution in [2.24, 2.45) is 0 Å². The summed E-state index contributed by atoms with van der Waals surface area (Å²) in [6.45, 7) is 0. The highest BCUT2D eigenvalue weighted by atomic mass is 32.1. The molecule has 232 valence electrons. The first-order valence-electron chi connectivity index (χ1n) is 16.9. The number of hydrogen-bond donors (Lipinski definition) is 0. The van der Waals surface area contributed by atoms with E-state index < -0.39 is 0 Å². The van der Waals surface area contributed by atoms with Crippen molar-refractivity contribution in [3.63, 3.8) is 0 Å². The fraction of sp³-hybridized carbons (Fsp3) is 0.0435. The summed E-state index contributed by atoms with van der Waals surface area (Å²) >= 11 is 1.89. The lowest BCUT2D eigenvalue weighted by Gasteiger charge is -2.38. The minimum atomic E-state index is 0.0776. The van der Waals surface area contributed by atoms with Crippen molar-refractivity contribution in [3.8, 4) is 22.3 Å². The van der Waals surface area contributed by atoms with Crippen molar-refractivity contribution in [2.75, 3.05) is 4.90 Å². The second-order valence-corrected chi connectivity index (χ2v) is 13.9. The summed E-state index contributed by atoms with van der Waals surface area (Å²) in [5.41, 5.74) is 10.2. The first-order chi connectivity index (χ1) is 24.3. The molecule has 0 saturated carbocycles. The normalized spacial score (nSPS) is 14.2. The molecular weight excluding hydrogens is 615 g/mol. The summed E-state index contributed by atoms with van der Waals surface area (Å²) in [6.07, 6.45) is 5.57. The summed E-state index contributed by atoms with van der Waals surface area (Å²) in [4.78, 5) is 3.95. The molecule has 49 heavy (non-hydrogen) atoms. The Morgan fingerprint density at radius 1 is 0.551 bits per heavy atom. The third kappa shape index (κ3) is 4.54. The van der Waals surface area contributed by atoms with Crippen LogP contribution in [0.3, 0.4) is 0 Å². The quantitative estimate of drug-likeness (QED) is 0.185. The molecule has 0 N–H and O–H groups in total. The van der Waals surface area contributed by atoms with Gasteiger partial charge in [0.1, 0.15) is 11.2 Å². The van der Waals surface area contributed by atoms with E-state index in [1.165, 1.54) is 48.1 Å². The van der Waals surface area contributed by atoms with E-state index >= 15 is 0 Å². The van der Waals surface area contributed by atoms with E-state index in [1.807, 2.05) is 17.4 Å². The molecule has 10 rings (SSSR count). The molecule has 0 bridgehead atoms. The first-order valence-corrected chi connectivity index (χ1v) is 17.7. The number of nitrogens with zero attached hydrogens (tertiary/aromatic N) is 1. The summed E-state index contributed by atoms with van der Waals surface area (Å²) in [6, 6.07) is 57.1. The number of fused-ring (bicyclic) bond motifs is 7. The van der Waals surface area contributed by atoms with Gasteiger partial charge in [0.05, 0.1) is 6.04 Å². The Bertz CT molecular complexity index is 2730. The highest BCUT2D eigenvalue weighted by Crippen LogP contribution is 2.51. The average molecular weight is 646 g/mol. The van der Waals surface area contributed by atoms with Crippen molar-refractivity contribution in [2.45, 2.75) is 12.5 Å². The minimum absolute atomic E-state index is 0.0776. The minimum Gasteiger partial charge on any atom is -0.455 e. The van der Waals surface area contributed by atoms with Crippen LogP contribution in [0.2, 0.25) is 0 Å². The van der Waals surface area contributed by atoms with E-state index in [0.29, 0.717) is 0 Å². The van der Waals surface area contributed by atoms with Crippen LogP contribution in [0.4, 0.5) is 11.4 Å². The van der Waals surface area contributed by atoms with Gasteiger partial charge in [-0.2, -0.15) is 0 Å². The monoisotopic (exact) mass is 645 g/mol. The molecule has 0 spiro atoms. The maximum absolute atomic E-state index is 6.63. The Labute approximate surface area is 288 Å². The maximum atomic E-state index is 6.63. The molecule has 0 radical (unpaired) electrons. The molecular formula is C46H31NOS. The molecule has 1 unspecified atom stereocenters. The second kappa shape index (κ2) is 11.4. The van der Waals surface area contributed by atoms with Gasteiger partial charge in [-0.3, -0.25) is 0 Å². The highest BCUT2D eigenvalue weighted by Gasteiger charge is 2.32. The Morgan fingerprint density at radius 3 is 2.12 bits per heavy atom. The molecule has 1 aliphatic rings. The maximum Gasteiger partial charge on any atom is 0.143 e. The van der Waals surface area contributed by atoms with E-state index in [1.54, 1.807) is 0 Å². The smallest absolute Gasteiger partial charge is 0.143 e. The van der Waals surface area contributed by atoms with Crippen LogP contribution in [0, 0.1) is 0 Å². The Kier molecular flexibility index (Phi) is 6.53. The number of para-hydroxylation sites is 4. The summed E-state index contributed by atoms with van der Waals surface area (Å²) in [5.74, 6) is 0. The second-order valence-electron chi connectivity index (χ2n) is 12.8. The molecule has 0 saturated heterocycles. The predicted octanol–water partition coefficient (Wildman–Crippen LogP) is 13.6. The van der Waals surface area contributed by atoms with Gasteiger partial charge in [0.25, 0.3) is 0 Å². The Morgan fingerprint density at radius 2 is 1.22 bits per heavy atom. The van der Waals surface area contributed by atoms with Crippen molar-refractivity contribution in [1.29, 1.82) is 0 Å². The Balaban J connectivity index is 1.25. The van der Waals surface area contributed by atoms with Crippen LogP contribution in [-0.4, -0.2) is 0 Å². The molecule has 2 nitrogen and oxygen atoms in total. The lowest BCUT2D eigenvalue weighted by molar-refractivity contribution is 0.670. The fourth-order valence-corrected chi connectivity index (χ4v) is 9.02. The molecule has 2 aromatic heterocycles. The fourth-order valence-electron chi connectivity index (χ4n) is 7.83. The number of anilines is 2. The zero-order valence-corrected chi connectivity index (χ0v) is 27.5. The van der Waals surface area contributed by atoms with E-state index in [4.69, 9.17) is 4.42 Å². The predicted molar refractivity (Wildman–Crippen MR) is 209 cm³/mol. The van der Waals surface area contributed by atoms with E-state index in [0.717, 1.165) is 45.2 Å². The lowest BCUT2D eigenvalue weighted by Crippen LogP contribution is -2.26. The van der Waals surface area contributed by atoms with E-state index in [2.05, 4.69) is 169 Å². The van der Waals surface area contributed by atoms with Gasteiger partial charge in [-0.1, -0.05) is 133 Å². The molecule has 2 heterocycles. The number of furan rings is 1. The van der Waals surface area contributed by atoms with E-state index in [9.17, 15) is 0 Å². The van der Waals surface area contributed by atoms with Gasteiger partial charge in [0, 0.05) is 54.0 Å². The largest absolute Gasteiger partial charge is 0.455 e. The van der Waals surface area contributed by atoms with Crippen LogP contribution in [-0.2, 0) is 0 Å². The van der Waals surface area contributed by atoms with Gasteiger partial charge in [-0.05, 0) is 64.6 Å². The summed E-state index contributed by atoms with van der Waals surface area (Å²) in [7, 11) is 0. The van der Waals surface area contributed by atoms with Crippen LogP contribution in [0.5, 0.6) is 0 Å². The topological polar surface area (TPSA) is 16.4 Å². The first kappa shape index (κ1) is 28.1. The van der Waals surface area contributed by atoms with Gasteiger partial charge in [-0.15, -0.1) is 11.3 Å². The average Bonchev–Trinajstić information content (AvgIpc) is 3.74. The van der Waals surface area contributed by atoms with Crippen molar-refractivity contribution < 1.29 is 4.42 Å². The van der Waals surface area contributed by atoms with Crippen LogP contribution in [0.25, 0.3) is 71.1 Å². The molecule has 0 fully saturated rings. The zero-order valence-electron chi connectivity index (χ0n) is 26.7. The molecule has 9 aromatic rings. The third-order valence-electron chi connectivity index (χ3n) is 10.0. The number of thiophene rings is 1. The summed E-state index contributed by atoms with van der Waals surface area (Å²) in [5, 5.41) is 6.10. The van der Waals surface area contributed by atoms with Crippen LogP contribution in [0.15, 0.2) is 168 Å². The molecule has 1 atom stereocenters. The third-order valence-corrected chi connectivity index (χ3v) is 11.2. The van der Waals surface area contributed by atoms with Crippen LogP contribution in [0.1, 0.15) is 22.9 Å². The molecule has 7 aromatic carbocycles. The Hall–Kier alpha value is -5.90. The SMILES string of the molecule is C1=Cc2sc3ccccc3c2C(N(c2ccccc2-c2ccc3ccccc3c2)c2ccccc2-c2cccc3c2oc2ccccc23)C1. The number of rotatable bonds is 5. The molecule has 0 aliphatic heterocycles. The highest BCUT2D eigenvalue weighted by molar-refractivity contribution is 7.20. The number of benzene rings is 7. The van der Waals surface area contributed by atoms with Gasteiger partial charge in [-0.25, -0.2) is 0 Å². The van der Waals surface area contributed by atoms with E-state index in [-0.39, 0.29) is 6.04 Å².